The summed E-state index contributed by atoms with van der Waals surface area (Å²) in [6, 6.07) is 0. The molecule has 1 aliphatic carbocycles. The summed E-state index contributed by atoms with van der Waals surface area (Å²) >= 11 is 1.92. The summed E-state index contributed by atoms with van der Waals surface area (Å²) < 4.78 is 0. The van der Waals surface area contributed by atoms with Crippen LogP contribution in [-0.2, 0) is 4.79 Å². The zero-order valence-electron chi connectivity index (χ0n) is 20.3. The van der Waals surface area contributed by atoms with E-state index < -0.39 is 0 Å². The van der Waals surface area contributed by atoms with E-state index in [4.69, 9.17) is 11.1 Å². The molecule has 0 atom stereocenters. The summed E-state index contributed by atoms with van der Waals surface area (Å²) in [5.74, 6) is 1.67. The van der Waals surface area contributed by atoms with E-state index in [9.17, 15) is 4.79 Å². The summed E-state index contributed by atoms with van der Waals surface area (Å²) in [5, 5.41) is 10.9. The molecule has 0 bridgehead atoms. The first kappa shape index (κ1) is 23.2. The number of primary amides is 1. The summed E-state index contributed by atoms with van der Waals surface area (Å²) in [7, 11) is 0. The van der Waals surface area contributed by atoms with Crippen LogP contribution in [0.2, 0.25) is 0 Å². The number of rotatable bonds is 6. The molecule has 1 fully saturated rings. The number of hydrogen-bond acceptors (Lipinski definition) is 4. The first-order valence-corrected chi connectivity index (χ1v) is 13.2. The average molecular weight is 480 g/mol. The van der Waals surface area contributed by atoms with Gasteiger partial charge in [-0.05, 0) is 80.7 Å². The maximum Gasteiger partial charge on any atom is 0.233 e. The Bertz CT molecular complexity index is 1240. The van der Waals surface area contributed by atoms with Crippen LogP contribution in [0.4, 0.5) is 0 Å². The molecule has 34 heavy (non-hydrogen) atoms. The second-order valence-corrected chi connectivity index (χ2v) is 11.1. The lowest BCUT2D eigenvalue weighted by atomic mass is 9.88. The number of aromatic amines is 1. The number of nitrogens with zero attached hydrogens (tertiary/aromatic N) is 2. The van der Waals surface area contributed by atoms with E-state index in [1.165, 1.54) is 48.6 Å². The Morgan fingerprint density at radius 1 is 1.35 bits per heavy atom. The molecule has 0 radical (unpaired) electrons. The number of nitrogens with two attached hydrogens (primary N) is 2. The molecular weight excluding hydrogens is 444 g/mol. The molecule has 2 aliphatic heterocycles. The largest absolute Gasteiger partial charge is 0.369 e. The number of allylic oxidation sites excluding steroid dienone is 2. The Labute approximate surface area is 204 Å². The molecule has 5 rings (SSSR count). The number of aliphatic imine (C=N–C) groups is 1. The van der Waals surface area contributed by atoms with Gasteiger partial charge in [-0.25, -0.2) is 0 Å². The highest BCUT2D eigenvalue weighted by molar-refractivity contribution is 7.19. The fourth-order valence-corrected chi connectivity index (χ4v) is 7.51. The standard InChI is InChI=1S/C26H34N6OS/c1-14(2)21-22-15(3)24(16-7-9-32(10-8-16)12-20(28)33)34-26(22)31-23(21)19-11-29-25(30-13-27)18-6-4-5-17(18)19/h11,13-14,16,31H,4-10,12H2,1-3H3,(H2,28,33)(H2,27,29,30)/p+1. The number of aryl methyl sites for hydroxylation is 1. The maximum absolute atomic E-state index is 11.3. The maximum atomic E-state index is 11.3. The van der Waals surface area contributed by atoms with Gasteiger partial charge in [-0.1, -0.05) is 13.8 Å². The van der Waals surface area contributed by atoms with E-state index in [1.54, 1.807) is 0 Å². The third-order valence-corrected chi connectivity index (χ3v) is 8.98. The number of H-pyrrole nitrogens is 1. The molecular formula is C26H35N6OS+. The molecule has 180 valence electrons. The molecule has 1 amide bonds. The Hall–Kier alpha value is -2.55. The number of fused-ring (bicyclic) bond motifs is 1. The van der Waals surface area contributed by atoms with Crippen LogP contribution in [0.3, 0.4) is 0 Å². The Morgan fingerprint density at radius 3 is 2.76 bits per heavy atom. The highest BCUT2D eigenvalue weighted by Gasteiger charge is 2.33. The third-order valence-electron chi connectivity index (χ3n) is 7.61. The summed E-state index contributed by atoms with van der Waals surface area (Å²) in [6.07, 6.45) is 8.78. The normalized spacial score (nSPS) is 21.1. The Kier molecular flexibility index (Phi) is 6.31. The predicted octanol–water partition coefficient (Wildman–Crippen LogP) is 3.73. The van der Waals surface area contributed by atoms with Gasteiger partial charge in [0.25, 0.3) is 0 Å². The molecule has 8 heteroatoms. The number of hydrogen-bond donors (Lipinski definition) is 4. The van der Waals surface area contributed by atoms with Crippen molar-refractivity contribution >= 4 is 45.2 Å². The first-order chi connectivity index (χ1) is 16.4. The molecule has 0 aromatic carbocycles. The minimum atomic E-state index is -0.237. The Morgan fingerprint density at radius 2 is 2.09 bits per heavy atom. The van der Waals surface area contributed by atoms with Crippen molar-refractivity contribution in [2.24, 2.45) is 10.7 Å². The van der Waals surface area contributed by atoms with Crippen molar-refractivity contribution in [3.05, 3.63) is 39.0 Å². The van der Waals surface area contributed by atoms with Gasteiger partial charge < -0.3 is 10.7 Å². The van der Waals surface area contributed by atoms with Crippen molar-refractivity contribution in [2.45, 2.75) is 64.7 Å². The summed E-state index contributed by atoms with van der Waals surface area (Å²) in [4.78, 5) is 24.4. The zero-order chi connectivity index (χ0) is 24.0. The third kappa shape index (κ3) is 3.97. The van der Waals surface area contributed by atoms with E-state index in [2.05, 4.69) is 47.2 Å². The number of amidine groups is 1. The monoisotopic (exact) mass is 479 g/mol. The fraction of sp³-hybridized carbons (Fsp3) is 0.500. The zero-order valence-corrected chi connectivity index (χ0v) is 21.1. The van der Waals surface area contributed by atoms with E-state index in [1.807, 2.05) is 11.3 Å². The van der Waals surface area contributed by atoms with Gasteiger partial charge in [-0.15, -0.1) is 11.3 Å². The molecule has 4 heterocycles. The van der Waals surface area contributed by atoms with Gasteiger partial charge in [0.15, 0.2) is 0 Å². The number of amides is 1. The van der Waals surface area contributed by atoms with Crippen molar-refractivity contribution in [2.75, 3.05) is 19.6 Å². The second-order valence-electron chi connectivity index (χ2n) is 10.1. The number of thiophene rings is 1. The lowest BCUT2D eigenvalue weighted by Crippen LogP contribution is -2.83. The van der Waals surface area contributed by atoms with Crippen LogP contribution in [-0.4, -0.2) is 47.6 Å². The van der Waals surface area contributed by atoms with Crippen LogP contribution in [0.1, 0.15) is 79.5 Å². The highest BCUT2D eigenvalue weighted by atomic mass is 32.1. The lowest BCUT2D eigenvalue weighted by Gasteiger charge is -2.31. The minimum Gasteiger partial charge on any atom is -0.369 e. The van der Waals surface area contributed by atoms with Gasteiger partial charge in [0.2, 0.25) is 11.7 Å². The van der Waals surface area contributed by atoms with E-state index in [-0.39, 0.29) is 5.91 Å². The number of carbonyl (C=O) groups excluding carboxylic acids is 1. The van der Waals surface area contributed by atoms with Crippen molar-refractivity contribution < 1.29 is 10.1 Å². The van der Waals surface area contributed by atoms with Gasteiger partial charge in [0.1, 0.15) is 17.4 Å². The van der Waals surface area contributed by atoms with Gasteiger partial charge >= 0.3 is 0 Å². The molecule has 6 N–H and O–H groups in total. The number of piperidine rings is 1. The molecule has 0 spiro atoms. The number of nitrogens with one attached hydrogen (secondary N) is 2. The van der Waals surface area contributed by atoms with Crippen LogP contribution < -0.4 is 11.1 Å². The lowest BCUT2D eigenvalue weighted by molar-refractivity contribution is -0.460. The molecule has 3 aliphatic rings. The van der Waals surface area contributed by atoms with Crippen molar-refractivity contribution in [1.82, 2.24) is 9.88 Å². The highest BCUT2D eigenvalue weighted by Crippen LogP contribution is 2.47. The van der Waals surface area contributed by atoms with E-state index in [0.29, 0.717) is 18.4 Å². The smallest absolute Gasteiger partial charge is 0.233 e. The number of quaternary nitrogens is 1. The Balaban J connectivity index is 1.50. The predicted molar refractivity (Wildman–Crippen MR) is 140 cm³/mol. The second kappa shape index (κ2) is 9.24. The minimum absolute atomic E-state index is 0.237. The molecule has 0 saturated carbocycles. The van der Waals surface area contributed by atoms with Crippen molar-refractivity contribution in [3.8, 4) is 0 Å². The number of aromatic nitrogens is 1. The van der Waals surface area contributed by atoms with Crippen molar-refractivity contribution in [1.29, 1.82) is 5.41 Å². The summed E-state index contributed by atoms with van der Waals surface area (Å²) in [6.45, 7) is 9.12. The van der Waals surface area contributed by atoms with Gasteiger partial charge in [-0.3, -0.25) is 20.4 Å². The molecule has 7 nitrogen and oxygen atoms in total. The van der Waals surface area contributed by atoms with Crippen LogP contribution >= 0.6 is 11.3 Å². The van der Waals surface area contributed by atoms with E-state index in [0.717, 1.165) is 57.4 Å². The van der Waals surface area contributed by atoms with Gasteiger partial charge in [0, 0.05) is 15.8 Å². The quantitative estimate of drug-likeness (QED) is 0.373. The molecule has 1 saturated heterocycles. The van der Waals surface area contributed by atoms with Crippen LogP contribution in [0.15, 0.2) is 22.3 Å². The van der Waals surface area contributed by atoms with Gasteiger partial charge in [0.05, 0.1) is 17.8 Å². The van der Waals surface area contributed by atoms with Crippen LogP contribution in [0.25, 0.3) is 15.8 Å². The van der Waals surface area contributed by atoms with Crippen molar-refractivity contribution in [3.63, 3.8) is 0 Å². The topological polar surface area (TPSA) is 115 Å². The summed E-state index contributed by atoms with van der Waals surface area (Å²) in [5.41, 5.74) is 13.5. The molecule has 2 aromatic rings. The van der Waals surface area contributed by atoms with E-state index >= 15 is 0 Å². The van der Waals surface area contributed by atoms with Gasteiger partial charge in [-0.2, -0.15) is 4.99 Å². The number of carbonyl (C=O) groups is 1. The average Bonchev–Trinajstić information content (AvgIpc) is 3.50. The van der Waals surface area contributed by atoms with Crippen LogP contribution in [0.5, 0.6) is 0 Å². The van der Waals surface area contributed by atoms with Crippen LogP contribution in [0, 0.1) is 12.3 Å². The number of likely N-dealkylation sites (tertiary alicyclic amines) is 1. The SMILES string of the molecule is Cc1c(C2CCN(CC(N)=O)CC2)sc2[nH]c(C3=C[NH2+]C(=NC=N)C4=C3CCC4)c(C(C)C)c12. The molecule has 2 aromatic heterocycles. The molecule has 0 unspecified atom stereocenters. The fourth-order valence-electron chi connectivity index (χ4n) is 6.11. The first-order valence-electron chi connectivity index (χ1n) is 12.4.